The van der Waals surface area contributed by atoms with Gasteiger partial charge in [-0.25, -0.2) is 0 Å². The van der Waals surface area contributed by atoms with Gasteiger partial charge in [-0.2, -0.15) is 0 Å². The number of amides is 1. The Balaban J connectivity index is 1.80. The molecule has 0 atom stereocenters. The first-order chi connectivity index (χ1) is 13.5. The van der Waals surface area contributed by atoms with E-state index in [0.717, 1.165) is 42.5 Å². The van der Waals surface area contributed by atoms with Crippen LogP contribution in [-0.2, 0) is 0 Å². The van der Waals surface area contributed by atoms with Gasteiger partial charge in [0.1, 0.15) is 16.4 Å². The Kier molecular flexibility index (Phi) is 5.35. The molecular weight excluding hydrogens is 388 g/mol. The summed E-state index contributed by atoms with van der Waals surface area (Å²) in [5, 5.41) is 0.547. The number of hydrogen-bond acceptors (Lipinski definition) is 3. The molecule has 2 aliphatic rings. The van der Waals surface area contributed by atoms with E-state index in [2.05, 4.69) is 19.1 Å². The van der Waals surface area contributed by atoms with Crippen molar-refractivity contribution in [2.24, 2.45) is 4.99 Å². The van der Waals surface area contributed by atoms with Crippen LogP contribution >= 0.6 is 23.8 Å². The Labute approximate surface area is 176 Å². The molecule has 1 fully saturated rings. The first-order valence-corrected chi connectivity index (χ1v) is 10.6. The molecule has 1 saturated carbocycles. The SMILES string of the molecule is Cc1cccc(C2=NC3(CCCCCC3)N(C(=O)c3cccc(Cl)c3)C2=S)c1. The van der Waals surface area contributed by atoms with E-state index >= 15 is 0 Å². The molecule has 1 aliphatic heterocycles. The summed E-state index contributed by atoms with van der Waals surface area (Å²) in [6.45, 7) is 2.05. The van der Waals surface area contributed by atoms with Crippen LogP contribution in [0.5, 0.6) is 0 Å². The van der Waals surface area contributed by atoms with Crippen molar-refractivity contribution in [2.45, 2.75) is 51.1 Å². The molecule has 0 saturated heterocycles. The van der Waals surface area contributed by atoms with Crippen LogP contribution < -0.4 is 0 Å². The number of thiocarbonyl (C=S) groups is 1. The van der Waals surface area contributed by atoms with Crippen LogP contribution in [0, 0.1) is 6.92 Å². The smallest absolute Gasteiger partial charge is 0.261 e. The van der Waals surface area contributed by atoms with Crippen LogP contribution in [0.3, 0.4) is 0 Å². The lowest BCUT2D eigenvalue weighted by Gasteiger charge is -2.35. The Hall–Kier alpha value is -2.04. The zero-order valence-corrected chi connectivity index (χ0v) is 17.5. The van der Waals surface area contributed by atoms with Crippen LogP contribution in [0.25, 0.3) is 0 Å². The maximum Gasteiger partial charge on any atom is 0.261 e. The van der Waals surface area contributed by atoms with Crippen molar-refractivity contribution in [1.82, 2.24) is 4.90 Å². The molecule has 1 amide bonds. The van der Waals surface area contributed by atoms with Crippen LogP contribution in [0.4, 0.5) is 0 Å². The second-order valence-electron chi connectivity index (χ2n) is 7.68. The molecule has 0 unspecified atom stereocenters. The molecule has 1 spiro atoms. The van der Waals surface area contributed by atoms with E-state index in [4.69, 9.17) is 28.8 Å². The number of carbonyl (C=O) groups excluding carboxylic acids is 1. The fourth-order valence-electron chi connectivity index (χ4n) is 4.24. The van der Waals surface area contributed by atoms with Gasteiger partial charge in [-0.1, -0.05) is 66.5 Å². The summed E-state index contributed by atoms with van der Waals surface area (Å²) in [5.41, 5.74) is 2.87. The van der Waals surface area contributed by atoms with Gasteiger partial charge in [0.25, 0.3) is 5.91 Å². The maximum atomic E-state index is 13.5. The van der Waals surface area contributed by atoms with Crippen molar-refractivity contribution in [3.05, 3.63) is 70.2 Å². The number of nitrogens with zero attached hydrogens (tertiary/aromatic N) is 2. The number of aliphatic imine (C=N–C) groups is 1. The number of hydrogen-bond donors (Lipinski definition) is 0. The molecule has 2 aromatic rings. The van der Waals surface area contributed by atoms with Crippen molar-refractivity contribution in [3.63, 3.8) is 0 Å². The molecule has 1 aliphatic carbocycles. The Morgan fingerprint density at radius 1 is 1.07 bits per heavy atom. The van der Waals surface area contributed by atoms with Gasteiger partial charge in [0.05, 0.1) is 0 Å². The average Bonchev–Trinajstić information content (AvgIpc) is 2.81. The van der Waals surface area contributed by atoms with E-state index in [9.17, 15) is 4.79 Å². The largest absolute Gasteiger partial charge is 0.271 e. The van der Waals surface area contributed by atoms with E-state index in [0.29, 0.717) is 15.6 Å². The third-order valence-electron chi connectivity index (χ3n) is 5.61. The first kappa shape index (κ1) is 19.3. The predicted molar refractivity (Wildman–Crippen MR) is 118 cm³/mol. The molecule has 3 nitrogen and oxygen atoms in total. The molecule has 5 heteroatoms. The monoisotopic (exact) mass is 410 g/mol. The first-order valence-electron chi connectivity index (χ1n) is 9.82. The summed E-state index contributed by atoms with van der Waals surface area (Å²) in [5.74, 6) is -0.110. The molecule has 2 aromatic carbocycles. The highest BCUT2D eigenvalue weighted by Gasteiger charge is 2.48. The zero-order chi connectivity index (χ0) is 19.7. The maximum absolute atomic E-state index is 13.5. The molecule has 0 aromatic heterocycles. The van der Waals surface area contributed by atoms with Crippen molar-refractivity contribution >= 4 is 40.4 Å². The third kappa shape index (κ3) is 3.51. The fourth-order valence-corrected chi connectivity index (χ4v) is 4.85. The summed E-state index contributed by atoms with van der Waals surface area (Å²) in [4.78, 5) is 21.0. The molecule has 0 bridgehead atoms. The van der Waals surface area contributed by atoms with Gasteiger partial charge < -0.3 is 0 Å². The van der Waals surface area contributed by atoms with Crippen LogP contribution in [0.1, 0.15) is 60.0 Å². The minimum Gasteiger partial charge on any atom is -0.271 e. The second-order valence-corrected chi connectivity index (χ2v) is 8.51. The van der Waals surface area contributed by atoms with Crippen LogP contribution in [-0.4, -0.2) is 27.2 Å². The van der Waals surface area contributed by atoms with Gasteiger partial charge in [0.15, 0.2) is 0 Å². The molecule has 28 heavy (non-hydrogen) atoms. The van der Waals surface area contributed by atoms with E-state index < -0.39 is 5.66 Å². The molecule has 144 valence electrons. The van der Waals surface area contributed by atoms with Crippen molar-refractivity contribution in [1.29, 1.82) is 0 Å². The number of aryl methyl sites for hydroxylation is 1. The lowest BCUT2D eigenvalue weighted by Crippen LogP contribution is -2.49. The van der Waals surface area contributed by atoms with E-state index in [-0.39, 0.29) is 5.91 Å². The topological polar surface area (TPSA) is 32.7 Å². The average molecular weight is 411 g/mol. The predicted octanol–water partition coefficient (Wildman–Crippen LogP) is 5.97. The summed E-state index contributed by atoms with van der Waals surface area (Å²) in [6.07, 6.45) is 6.12. The highest BCUT2D eigenvalue weighted by molar-refractivity contribution is 7.82. The lowest BCUT2D eigenvalue weighted by atomic mass is 9.99. The minimum atomic E-state index is -0.577. The van der Waals surface area contributed by atoms with Crippen molar-refractivity contribution in [2.75, 3.05) is 0 Å². The van der Waals surface area contributed by atoms with Gasteiger partial charge in [-0.05, 0) is 56.9 Å². The Morgan fingerprint density at radius 3 is 2.46 bits per heavy atom. The molecule has 0 N–H and O–H groups in total. The van der Waals surface area contributed by atoms with Gasteiger partial charge in [-0.3, -0.25) is 14.7 Å². The highest BCUT2D eigenvalue weighted by Crippen LogP contribution is 2.40. The molecule has 1 heterocycles. The minimum absolute atomic E-state index is 0.110. The Morgan fingerprint density at radius 2 is 1.79 bits per heavy atom. The number of carbonyl (C=O) groups is 1. The Bertz CT molecular complexity index is 961. The summed E-state index contributed by atoms with van der Waals surface area (Å²) >= 11 is 12.0. The second kappa shape index (κ2) is 7.76. The standard InChI is InChI=1S/C23H23ClN2OS/c1-16-8-6-9-17(14-16)20-22(28)26(21(27)18-10-7-11-19(24)15-18)23(25-20)12-4-2-3-5-13-23/h6-11,14-15H,2-5,12-13H2,1H3. The summed E-state index contributed by atoms with van der Waals surface area (Å²) < 4.78 is 0. The summed E-state index contributed by atoms with van der Waals surface area (Å²) in [7, 11) is 0. The van der Waals surface area contributed by atoms with Gasteiger partial charge in [0.2, 0.25) is 0 Å². The number of halogens is 1. The number of benzene rings is 2. The zero-order valence-electron chi connectivity index (χ0n) is 16.0. The van der Waals surface area contributed by atoms with E-state index in [1.165, 1.54) is 12.8 Å². The van der Waals surface area contributed by atoms with Crippen molar-refractivity contribution < 1.29 is 4.79 Å². The van der Waals surface area contributed by atoms with E-state index in [1.54, 1.807) is 29.2 Å². The van der Waals surface area contributed by atoms with Gasteiger partial charge in [-0.15, -0.1) is 0 Å². The molecule has 0 radical (unpaired) electrons. The number of rotatable bonds is 2. The fraction of sp³-hybridized carbons (Fsp3) is 0.348. The third-order valence-corrected chi connectivity index (χ3v) is 6.22. The molecular formula is C23H23ClN2OS. The normalized spacial score (nSPS) is 18.9. The highest BCUT2D eigenvalue weighted by atomic mass is 35.5. The van der Waals surface area contributed by atoms with Crippen LogP contribution in [0.15, 0.2) is 53.5 Å². The van der Waals surface area contributed by atoms with Gasteiger partial charge >= 0.3 is 0 Å². The van der Waals surface area contributed by atoms with Crippen LogP contribution in [0.2, 0.25) is 5.02 Å². The summed E-state index contributed by atoms with van der Waals surface area (Å²) in [6, 6.07) is 15.3. The molecule has 4 rings (SSSR count). The van der Waals surface area contributed by atoms with E-state index in [1.807, 2.05) is 12.1 Å². The quantitative estimate of drug-likeness (QED) is 0.571. The van der Waals surface area contributed by atoms with Crippen molar-refractivity contribution in [3.8, 4) is 0 Å². The lowest BCUT2D eigenvalue weighted by molar-refractivity contribution is 0.0692. The van der Waals surface area contributed by atoms with Gasteiger partial charge in [0, 0.05) is 16.1 Å².